The van der Waals surface area contributed by atoms with E-state index in [0.29, 0.717) is 5.56 Å². The van der Waals surface area contributed by atoms with E-state index in [4.69, 9.17) is 21.0 Å². The van der Waals surface area contributed by atoms with Gasteiger partial charge in [-0.3, -0.25) is 0 Å². The molecular weight excluding hydrogens is 292 g/mol. The minimum atomic E-state index is -2.09. The van der Waals surface area contributed by atoms with Gasteiger partial charge in [0.05, 0.1) is 5.75 Å². The number of carbonyl (C=O) groups is 1. The number of aromatic nitrogens is 2. The van der Waals surface area contributed by atoms with Crippen molar-refractivity contribution in [1.82, 2.24) is 9.71 Å². The van der Waals surface area contributed by atoms with Crippen LogP contribution in [0.1, 0.15) is 16.1 Å². The van der Waals surface area contributed by atoms with E-state index in [1.807, 2.05) is 0 Å². The van der Waals surface area contributed by atoms with Crippen molar-refractivity contribution in [2.75, 3.05) is 0 Å². The minimum absolute atomic E-state index is 0.0800. The molecule has 1 N–H and O–H groups in total. The van der Waals surface area contributed by atoms with Crippen molar-refractivity contribution in [2.45, 2.75) is 5.75 Å². The lowest BCUT2D eigenvalue weighted by atomic mass is 10.2. The molecule has 0 aromatic carbocycles. The molecule has 0 aliphatic rings. The topological polar surface area (TPSA) is 81.4 Å². The van der Waals surface area contributed by atoms with E-state index < -0.39 is 17.0 Å². The van der Waals surface area contributed by atoms with Crippen LogP contribution in [-0.4, -0.2) is 24.4 Å². The van der Waals surface area contributed by atoms with Crippen molar-refractivity contribution in [3.63, 3.8) is 0 Å². The lowest BCUT2D eigenvalue weighted by molar-refractivity contribution is 0.0455. The van der Waals surface area contributed by atoms with Gasteiger partial charge in [0.25, 0.3) is 0 Å². The molecule has 8 heteroatoms. The summed E-state index contributed by atoms with van der Waals surface area (Å²) in [7, 11) is 0. The van der Waals surface area contributed by atoms with Crippen LogP contribution in [0.3, 0.4) is 0 Å². The van der Waals surface area contributed by atoms with Gasteiger partial charge in [-0.1, -0.05) is 17.7 Å². The van der Waals surface area contributed by atoms with Crippen LogP contribution in [0.4, 0.5) is 0 Å². The summed E-state index contributed by atoms with van der Waals surface area (Å²) in [6.07, 6.45) is 3.07. The van der Waals surface area contributed by atoms with Crippen molar-refractivity contribution in [1.29, 1.82) is 0 Å². The highest BCUT2D eigenvalue weighted by Crippen LogP contribution is 2.14. The van der Waals surface area contributed by atoms with Gasteiger partial charge in [-0.2, -0.15) is 4.73 Å². The molecule has 0 aliphatic heterocycles. The molecule has 0 amide bonds. The van der Waals surface area contributed by atoms with Crippen LogP contribution < -0.4 is 4.84 Å². The van der Waals surface area contributed by atoms with Crippen molar-refractivity contribution in [3.8, 4) is 0 Å². The van der Waals surface area contributed by atoms with Gasteiger partial charge in [-0.25, -0.2) is 14.0 Å². The largest absolute Gasteiger partial charge is 0.382 e. The lowest BCUT2D eigenvalue weighted by Gasteiger charge is -2.07. The number of hydrogen-bond acceptors (Lipinski definition) is 4. The fourth-order valence-corrected chi connectivity index (χ4v) is 2.06. The summed E-state index contributed by atoms with van der Waals surface area (Å²) in [5.74, 6) is -0.973. The van der Waals surface area contributed by atoms with Crippen LogP contribution >= 0.6 is 11.6 Å². The van der Waals surface area contributed by atoms with Crippen LogP contribution in [0.2, 0.25) is 5.15 Å². The van der Waals surface area contributed by atoms with Crippen LogP contribution in [-0.2, 0) is 16.8 Å². The molecule has 0 fully saturated rings. The molecule has 100 valence electrons. The van der Waals surface area contributed by atoms with Gasteiger partial charge in [0.2, 0.25) is 0 Å². The van der Waals surface area contributed by atoms with E-state index in [0.717, 1.165) is 0 Å². The fraction of sp³-hybridized carbons (Fsp3) is 0.0909. The maximum absolute atomic E-state index is 11.9. The zero-order valence-electron chi connectivity index (χ0n) is 9.52. The predicted octanol–water partition coefficient (Wildman–Crippen LogP) is 1.53. The highest BCUT2D eigenvalue weighted by molar-refractivity contribution is 7.78. The Kier molecular flexibility index (Phi) is 4.31. The molecule has 6 nitrogen and oxygen atoms in total. The molecule has 0 saturated carbocycles. The van der Waals surface area contributed by atoms with E-state index >= 15 is 0 Å². The summed E-state index contributed by atoms with van der Waals surface area (Å²) in [5.41, 5.74) is 0.214. The molecule has 0 radical (unpaired) electrons. The second-order valence-electron chi connectivity index (χ2n) is 3.53. The smallest absolute Gasteiger partial charge is 0.330 e. The second-order valence-corrected chi connectivity index (χ2v) is 4.85. The third kappa shape index (κ3) is 3.63. The van der Waals surface area contributed by atoms with Crippen LogP contribution in [0.25, 0.3) is 0 Å². The van der Waals surface area contributed by atoms with Crippen LogP contribution in [0, 0.1) is 0 Å². The molecule has 2 heterocycles. The maximum atomic E-state index is 11.9. The number of rotatable bonds is 4. The van der Waals surface area contributed by atoms with E-state index in [9.17, 15) is 9.00 Å². The van der Waals surface area contributed by atoms with Gasteiger partial charge >= 0.3 is 5.97 Å². The van der Waals surface area contributed by atoms with Gasteiger partial charge < -0.3 is 9.39 Å². The molecule has 2 aromatic rings. The highest BCUT2D eigenvalue weighted by Gasteiger charge is 2.17. The van der Waals surface area contributed by atoms with E-state index in [1.54, 1.807) is 12.1 Å². The average Bonchev–Trinajstić information content (AvgIpc) is 2.83. The van der Waals surface area contributed by atoms with Gasteiger partial charge in [0.1, 0.15) is 5.15 Å². The second kappa shape index (κ2) is 5.96. The van der Waals surface area contributed by atoms with Gasteiger partial charge in [-0.05, 0) is 18.2 Å². The molecule has 2 rings (SSSR count). The molecule has 1 atom stereocenters. The number of nitrogens with zero attached hydrogens (tertiary/aromatic N) is 2. The first kappa shape index (κ1) is 13.7. The SMILES string of the molecule is O=C(On1cccc1)c1nc(Cl)ccc1CS(=O)O. The van der Waals surface area contributed by atoms with E-state index in [-0.39, 0.29) is 16.6 Å². The zero-order chi connectivity index (χ0) is 13.8. The summed E-state index contributed by atoms with van der Waals surface area (Å²) >= 11 is 3.63. The Hall–Kier alpha value is -1.70. The van der Waals surface area contributed by atoms with Crippen molar-refractivity contribution < 1.29 is 18.4 Å². The van der Waals surface area contributed by atoms with Crippen molar-refractivity contribution in [2.24, 2.45) is 0 Å². The normalized spacial score (nSPS) is 12.1. The Bertz CT molecular complexity index is 615. The lowest BCUT2D eigenvalue weighted by Crippen LogP contribution is -2.21. The van der Waals surface area contributed by atoms with E-state index in [1.165, 1.54) is 29.3 Å². The van der Waals surface area contributed by atoms with Crippen LogP contribution in [0.15, 0.2) is 36.7 Å². The van der Waals surface area contributed by atoms with Gasteiger partial charge in [0, 0.05) is 18.0 Å². The molecule has 0 aliphatic carbocycles. The molecule has 1 unspecified atom stereocenters. The zero-order valence-corrected chi connectivity index (χ0v) is 11.1. The van der Waals surface area contributed by atoms with Crippen LogP contribution in [0.5, 0.6) is 0 Å². The number of carbonyl (C=O) groups excluding carboxylic acids is 1. The van der Waals surface area contributed by atoms with E-state index in [2.05, 4.69) is 4.98 Å². The molecule has 0 saturated heterocycles. The summed E-state index contributed by atoms with van der Waals surface area (Å²) in [6.45, 7) is 0. The number of pyridine rings is 1. The average molecular weight is 301 g/mol. The molecule has 0 spiro atoms. The molecule has 0 bridgehead atoms. The highest BCUT2D eigenvalue weighted by atomic mass is 35.5. The first-order valence-corrected chi connectivity index (χ1v) is 6.80. The maximum Gasteiger partial charge on any atom is 0.382 e. The Morgan fingerprint density at radius 3 is 2.74 bits per heavy atom. The van der Waals surface area contributed by atoms with Gasteiger partial charge in [-0.15, -0.1) is 0 Å². The summed E-state index contributed by atoms with van der Waals surface area (Å²) < 4.78 is 20.9. The Morgan fingerprint density at radius 1 is 1.42 bits per heavy atom. The van der Waals surface area contributed by atoms with Crippen molar-refractivity contribution >= 4 is 28.7 Å². The number of hydrogen-bond donors (Lipinski definition) is 1. The Labute approximate surface area is 116 Å². The fourth-order valence-electron chi connectivity index (χ4n) is 1.41. The summed E-state index contributed by atoms with van der Waals surface area (Å²) in [6, 6.07) is 6.27. The summed E-state index contributed by atoms with van der Waals surface area (Å²) in [4.78, 5) is 20.8. The monoisotopic (exact) mass is 300 g/mol. The molecule has 2 aromatic heterocycles. The van der Waals surface area contributed by atoms with Crippen molar-refractivity contribution in [3.05, 3.63) is 53.1 Å². The van der Waals surface area contributed by atoms with Gasteiger partial charge in [0.15, 0.2) is 16.8 Å². The quantitative estimate of drug-likeness (QED) is 0.684. The summed E-state index contributed by atoms with van der Waals surface area (Å²) in [5, 5.41) is 0.104. The first-order valence-electron chi connectivity index (χ1n) is 5.15. The Morgan fingerprint density at radius 2 is 2.11 bits per heavy atom. The minimum Gasteiger partial charge on any atom is -0.330 e. The number of halogens is 1. The Balaban J connectivity index is 2.28. The standard InChI is InChI=1S/C11H9ClN2O4S/c12-9-4-3-8(7-19(16)17)10(13-9)11(15)18-14-5-1-2-6-14/h1-6H,7H2,(H,16,17). The first-order chi connectivity index (χ1) is 9.06. The predicted molar refractivity (Wildman–Crippen MR) is 69.1 cm³/mol. The molecule has 19 heavy (non-hydrogen) atoms. The third-order valence-corrected chi connectivity index (χ3v) is 2.95. The molecular formula is C11H9ClN2O4S. The third-order valence-electron chi connectivity index (χ3n) is 2.18.